The van der Waals surface area contributed by atoms with E-state index in [1.807, 2.05) is 0 Å². The molecular formula is C12H19N5O2. The number of aryl methyl sites for hydroxylation is 1. The van der Waals surface area contributed by atoms with E-state index >= 15 is 0 Å². The van der Waals surface area contributed by atoms with Crippen LogP contribution in [0.5, 0.6) is 0 Å². The summed E-state index contributed by atoms with van der Waals surface area (Å²) >= 11 is 0. The van der Waals surface area contributed by atoms with Crippen LogP contribution in [0.15, 0.2) is 23.7 Å². The Hall–Kier alpha value is -2.00. The van der Waals surface area contributed by atoms with Gasteiger partial charge in [0, 0.05) is 7.11 Å². The molecule has 0 aliphatic rings. The number of hydrogen-bond acceptors (Lipinski definition) is 4. The molecule has 1 aromatic rings. The fourth-order valence-corrected chi connectivity index (χ4v) is 1.19. The molecule has 104 valence electrons. The minimum absolute atomic E-state index is 0.667. The summed E-state index contributed by atoms with van der Waals surface area (Å²) in [5.41, 5.74) is 0. The maximum atomic E-state index is 7.43. The summed E-state index contributed by atoms with van der Waals surface area (Å²) in [5, 5.41) is 14.9. The molecule has 19 heavy (non-hydrogen) atoms. The number of rotatable bonds is 7. The first-order valence-electron chi connectivity index (χ1n) is 5.87. The molecule has 0 atom stereocenters. The summed E-state index contributed by atoms with van der Waals surface area (Å²) < 4.78 is 14.5. The van der Waals surface area contributed by atoms with Gasteiger partial charge in [0.1, 0.15) is 18.9 Å². The Bertz CT molecular complexity index is 418. The van der Waals surface area contributed by atoms with Crippen molar-refractivity contribution >= 4 is 6.01 Å². The average Bonchev–Trinajstić information content (AvgIpc) is 2.88. The lowest BCUT2D eigenvalue weighted by molar-refractivity contribution is -0.698. The quantitative estimate of drug-likeness (QED) is 0.314. The fourth-order valence-electron chi connectivity index (χ4n) is 1.19. The van der Waals surface area contributed by atoms with Crippen molar-refractivity contribution in [1.29, 1.82) is 5.26 Å². The highest BCUT2D eigenvalue weighted by Gasteiger charge is 2.00. The first-order valence-corrected chi connectivity index (χ1v) is 5.87. The van der Waals surface area contributed by atoms with Gasteiger partial charge in [-0.2, -0.15) is 5.26 Å². The zero-order valence-electron chi connectivity index (χ0n) is 11.3. The van der Waals surface area contributed by atoms with E-state index < -0.39 is 0 Å². The van der Waals surface area contributed by atoms with Crippen molar-refractivity contribution in [3.8, 4) is 6.19 Å². The van der Waals surface area contributed by atoms with E-state index in [9.17, 15) is 0 Å². The van der Waals surface area contributed by atoms with Crippen molar-refractivity contribution in [3.05, 3.63) is 24.1 Å². The Balaban J connectivity index is 0.000000555. The van der Waals surface area contributed by atoms with Crippen molar-refractivity contribution in [3.63, 3.8) is 0 Å². The van der Waals surface area contributed by atoms with Crippen LogP contribution in [0, 0.1) is 11.5 Å². The van der Waals surface area contributed by atoms with Crippen LogP contribution < -0.4 is 4.57 Å². The maximum Gasteiger partial charge on any atom is 0.243 e. The van der Waals surface area contributed by atoms with Gasteiger partial charge in [0.05, 0.1) is 32.6 Å². The first-order chi connectivity index (χ1) is 9.28. The molecule has 0 aromatic carbocycles. The first kappa shape index (κ1) is 17.0. The largest absolute Gasteiger partial charge is 0.422 e. The van der Waals surface area contributed by atoms with Crippen LogP contribution in [0.2, 0.25) is 0 Å². The second-order valence-corrected chi connectivity index (χ2v) is 3.40. The monoisotopic (exact) mass is 265 g/mol. The molecular weight excluding hydrogens is 246 g/mol. The average molecular weight is 265 g/mol. The lowest BCUT2D eigenvalue weighted by Crippen LogP contribution is -2.33. The molecule has 1 aromatic heterocycles. The van der Waals surface area contributed by atoms with Crippen LogP contribution >= 0.6 is 0 Å². The third-order valence-electron chi connectivity index (χ3n) is 2.14. The van der Waals surface area contributed by atoms with Crippen LogP contribution in [0.4, 0.5) is 0 Å². The summed E-state index contributed by atoms with van der Waals surface area (Å²) in [4.78, 5) is 2.58. The molecule has 0 aliphatic heterocycles. The number of nitriles is 1. The normalized spacial score (nSPS) is 8.89. The van der Waals surface area contributed by atoms with Crippen molar-refractivity contribution in [1.82, 2.24) is 4.57 Å². The Morgan fingerprint density at radius 3 is 2.68 bits per heavy atom. The van der Waals surface area contributed by atoms with Crippen molar-refractivity contribution in [2.45, 2.75) is 20.0 Å². The maximum absolute atomic E-state index is 7.43. The third-order valence-corrected chi connectivity index (χ3v) is 2.14. The van der Waals surface area contributed by atoms with E-state index in [0.29, 0.717) is 13.2 Å². The number of ether oxygens (including phenoxy) is 2. The third kappa shape index (κ3) is 9.68. The SMILES string of the molecule is CCn1cc[n+](CCOCCOC)c1.N#CN=C=[N-]. The van der Waals surface area contributed by atoms with Gasteiger partial charge in [0.2, 0.25) is 6.33 Å². The summed E-state index contributed by atoms with van der Waals surface area (Å²) in [6.45, 7) is 6.11. The molecule has 0 fully saturated rings. The minimum atomic E-state index is 0.667. The lowest BCUT2D eigenvalue weighted by atomic mass is 10.6. The Morgan fingerprint density at radius 2 is 2.21 bits per heavy atom. The number of aromatic nitrogens is 2. The number of aliphatic imine (C=N–C) groups is 1. The number of methoxy groups -OCH3 is 1. The van der Waals surface area contributed by atoms with Gasteiger partial charge >= 0.3 is 0 Å². The summed E-state index contributed by atoms with van der Waals surface area (Å²) in [7, 11) is 1.68. The molecule has 0 saturated heterocycles. The van der Waals surface area contributed by atoms with Gasteiger partial charge in [0.15, 0.2) is 0 Å². The van der Waals surface area contributed by atoms with E-state index in [2.05, 4.69) is 39.8 Å². The van der Waals surface area contributed by atoms with E-state index in [4.69, 9.17) is 20.1 Å². The molecule has 0 bridgehead atoms. The second kappa shape index (κ2) is 12.5. The van der Waals surface area contributed by atoms with Gasteiger partial charge in [-0.3, -0.25) is 0 Å². The predicted octanol–water partition coefficient (Wildman–Crippen LogP) is 0.669. The van der Waals surface area contributed by atoms with Gasteiger partial charge in [0.25, 0.3) is 0 Å². The molecule has 7 heteroatoms. The molecule has 0 spiro atoms. The lowest BCUT2D eigenvalue weighted by Gasteiger charge is -2.00. The highest BCUT2D eigenvalue weighted by molar-refractivity contribution is 5.46. The van der Waals surface area contributed by atoms with Crippen molar-refractivity contribution < 1.29 is 14.0 Å². The Morgan fingerprint density at radius 1 is 1.42 bits per heavy atom. The molecule has 0 saturated carbocycles. The fraction of sp³-hybridized carbons (Fsp3) is 0.583. The van der Waals surface area contributed by atoms with Crippen LogP contribution in [-0.2, 0) is 22.6 Å². The zero-order valence-corrected chi connectivity index (χ0v) is 11.3. The molecule has 1 heterocycles. The van der Waals surface area contributed by atoms with Crippen molar-refractivity contribution in [2.24, 2.45) is 4.99 Å². The van der Waals surface area contributed by atoms with Gasteiger partial charge in [-0.25, -0.2) is 9.13 Å². The summed E-state index contributed by atoms with van der Waals surface area (Å²) in [6.07, 6.45) is 7.49. The number of imidazole rings is 1. The molecule has 1 rings (SSSR count). The Kier molecular flexibility index (Phi) is 11.1. The minimum Gasteiger partial charge on any atom is -0.422 e. The Labute approximate surface area is 113 Å². The molecule has 0 radical (unpaired) electrons. The highest BCUT2D eigenvalue weighted by Crippen LogP contribution is 1.83. The highest BCUT2D eigenvalue weighted by atomic mass is 16.5. The predicted molar refractivity (Wildman–Crippen MR) is 69.4 cm³/mol. The van der Waals surface area contributed by atoms with Gasteiger partial charge in [-0.05, 0) is 6.92 Å². The number of hydrogen-bond donors (Lipinski definition) is 0. The molecule has 0 aliphatic carbocycles. The summed E-state index contributed by atoms with van der Waals surface area (Å²) in [6, 6.07) is 1.28. The molecule has 7 nitrogen and oxygen atoms in total. The number of nitrogens with zero attached hydrogens (tertiary/aromatic N) is 5. The van der Waals surface area contributed by atoms with E-state index in [-0.39, 0.29) is 0 Å². The molecule has 0 N–H and O–H groups in total. The van der Waals surface area contributed by atoms with Crippen LogP contribution in [0.25, 0.3) is 5.41 Å². The van der Waals surface area contributed by atoms with Gasteiger partial charge in [-0.1, -0.05) is 0 Å². The van der Waals surface area contributed by atoms with E-state index in [1.54, 1.807) is 7.11 Å². The van der Waals surface area contributed by atoms with Crippen molar-refractivity contribution in [2.75, 3.05) is 26.9 Å². The van der Waals surface area contributed by atoms with Gasteiger partial charge in [-0.15, -0.1) is 6.01 Å². The standard InChI is InChI=1S/C10H19N2O2.C2N3/c1-3-11-4-5-12(10-11)6-7-14-9-8-13-2;3-1-5-2-4/h4-5,10H,3,6-9H2,1-2H3;/q+1;-1. The smallest absolute Gasteiger partial charge is 0.243 e. The van der Waals surface area contributed by atoms with Crippen LogP contribution in [0.1, 0.15) is 6.92 Å². The van der Waals surface area contributed by atoms with Crippen LogP contribution in [0.3, 0.4) is 0 Å². The van der Waals surface area contributed by atoms with Crippen LogP contribution in [-0.4, -0.2) is 37.5 Å². The molecule has 0 unspecified atom stereocenters. The topological polar surface area (TPSA) is 85.7 Å². The second-order valence-electron chi connectivity index (χ2n) is 3.40. The molecule has 0 amide bonds. The zero-order chi connectivity index (χ0) is 14.3. The van der Waals surface area contributed by atoms with Gasteiger partial charge < -0.3 is 19.9 Å². The van der Waals surface area contributed by atoms with E-state index in [1.165, 1.54) is 12.2 Å². The van der Waals surface area contributed by atoms with E-state index in [0.717, 1.165) is 19.7 Å². The summed E-state index contributed by atoms with van der Waals surface area (Å²) in [5.74, 6) is 0.